The molecule has 0 bridgehead atoms. The molecular weight excluding hydrogens is 176 g/mol. The number of piperidine rings is 1. The number of aromatic nitrogens is 3. The molecule has 2 heterocycles. The smallest absolute Gasteiger partial charge is 0.0830 e. The fourth-order valence-corrected chi connectivity index (χ4v) is 2.14. The summed E-state index contributed by atoms with van der Waals surface area (Å²) in [6.45, 7) is 3.43. The lowest BCUT2D eigenvalue weighted by Gasteiger charge is -2.29. The van der Waals surface area contributed by atoms with Crippen molar-refractivity contribution >= 4 is 0 Å². The van der Waals surface area contributed by atoms with Crippen molar-refractivity contribution in [3.8, 4) is 0 Å². The first-order valence-corrected chi connectivity index (χ1v) is 5.34. The Hall–Kier alpha value is -0.900. The molecule has 14 heavy (non-hydrogen) atoms. The lowest BCUT2D eigenvalue weighted by Crippen LogP contribution is -2.39. The van der Waals surface area contributed by atoms with E-state index in [1.807, 2.05) is 13.2 Å². The van der Waals surface area contributed by atoms with Crippen LogP contribution >= 0.6 is 0 Å². The van der Waals surface area contributed by atoms with Gasteiger partial charge in [0.2, 0.25) is 0 Å². The highest BCUT2D eigenvalue weighted by atomic mass is 15.4. The number of nitrogens with zero attached hydrogens (tertiary/aromatic N) is 3. The monoisotopic (exact) mass is 194 g/mol. The third-order valence-electron chi connectivity index (χ3n) is 3.04. The number of rotatable bonds is 2. The highest BCUT2D eigenvalue weighted by Gasteiger charge is 2.21. The van der Waals surface area contributed by atoms with E-state index in [1.54, 1.807) is 4.80 Å². The molecule has 1 aliphatic heterocycles. The van der Waals surface area contributed by atoms with Crippen molar-refractivity contribution in [1.29, 1.82) is 0 Å². The highest BCUT2D eigenvalue weighted by molar-refractivity contribution is 4.96. The quantitative estimate of drug-likeness (QED) is 0.755. The highest BCUT2D eigenvalue weighted by Crippen LogP contribution is 2.19. The van der Waals surface area contributed by atoms with Crippen LogP contribution in [-0.2, 0) is 13.5 Å². The molecule has 2 rings (SSSR count). The van der Waals surface area contributed by atoms with Crippen molar-refractivity contribution in [2.75, 3.05) is 6.54 Å². The number of nitrogens with one attached hydrogen (secondary N) is 1. The van der Waals surface area contributed by atoms with Gasteiger partial charge in [-0.1, -0.05) is 0 Å². The fourth-order valence-electron chi connectivity index (χ4n) is 2.14. The second-order valence-electron chi connectivity index (χ2n) is 4.17. The van der Waals surface area contributed by atoms with E-state index >= 15 is 0 Å². The van der Waals surface area contributed by atoms with Crippen molar-refractivity contribution < 1.29 is 0 Å². The van der Waals surface area contributed by atoms with Gasteiger partial charge < -0.3 is 5.32 Å². The molecule has 4 heteroatoms. The summed E-state index contributed by atoms with van der Waals surface area (Å²) in [5.41, 5.74) is 1.12. The van der Waals surface area contributed by atoms with Crippen LogP contribution in [0.3, 0.4) is 0 Å². The van der Waals surface area contributed by atoms with Crippen molar-refractivity contribution in [1.82, 2.24) is 20.3 Å². The van der Waals surface area contributed by atoms with Crippen LogP contribution in [0.2, 0.25) is 0 Å². The summed E-state index contributed by atoms with van der Waals surface area (Å²) in [4.78, 5) is 1.64. The summed E-state index contributed by atoms with van der Waals surface area (Å²) in [5, 5.41) is 11.9. The molecule has 1 aromatic heterocycles. The summed E-state index contributed by atoms with van der Waals surface area (Å²) in [6, 6.07) is 0.616. The zero-order valence-electron chi connectivity index (χ0n) is 8.90. The molecule has 1 aliphatic rings. The second-order valence-corrected chi connectivity index (χ2v) is 4.17. The number of hydrogen-bond donors (Lipinski definition) is 1. The van der Waals surface area contributed by atoms with Gasteiger partial charge in [-0.05, 0) is 38.6 Å². The van der Waals surface area contributed by atoms with Crippen molar-refractivity contribution in [3.63, 3.8) is 0 Å². The van der Waals surface area contributed by atoms with E-state index in [4.69, 9.17) is 0 Å². The van der Waals surface area contributed by atoms with Gasteiger partial charge in [0.15, 0.2) is 0 Å². The van der Waals surface area contributed by atoms with Crippen LogP contribution in [0.25, 0.3) is 0 Å². The van der Waals surface area contributed by atoms with Crippen LogP contribution in [0, 0.1) is 5.92 Å². The summed E-state index contributed by atoms with van der Waals surface area (Å²) in [5.74, 6) is 0.723. The topological polar surface area (TPSA) is 42.7 Å². The first-order valence-electron chi connectivity index (χ1n) is 5.34. The molecule has 1 fully saturated rings. The normalized spacial score (nSPS) is 27.9. The van der Waals surface area contributed by atoms with Gasteiger partial charge in [-0.15, -0.1) is 0 Å². The molecule has 2 atom stereocenters. The Bertz CT molecular complexity index is 294. The zero-order chi connectivity index (χ0) is 9.97. The minimum atomic E-state index is 0.616. The number of aryl methyl sites for hydroxylation is 1. The van der Waals surface area contributed by atoms with E-state index in [-0.39, 0.29) is 0 Å². The Morgan fingerprint density at radius 1 is 1.64 bits per heavy atom. The molecule has 78 valence electrons. The third-order valence-corrected chi connectivity index (χ3v) is 3.04. The van der Waals surface area contributed by atoms with E-state index in [0.717, 1.165) is 24.6 Å². The Labute approximate surface area is 84.7 Å². The van der Waals surface area contributed by atoms with E-state index in [2.05, 4.69) is 22.4 Å². The summed E-state index contributed by atoms with van der Waals surface area (Å²) in [6.07, 6.45) is 5.53. The first-order chi connectivity index (χ1) is 6.75. The lowest BCUT2D eigenvalue weighted by molar-refractivity contribution is 0.293. The SMILES string of the molecule is CC1NCCCC1Cc1cnn(C)n1. The predicted octanol–water partition coefficient (Wildman–Crippen LogP) is 0.746. The Morgan fingerprint density at radius 2 is 2.50 bits per heavy atom. The third kappa shape index (κ3) is 2.12. The van der Waals surface area contributed by atoms with Crippen LogP contribution < -0.4 is 5.32 Å². The van der Waals surface area contributed by atoms with E-state index in [1.165, 1.54) is 12.8 Å². The standard InChI is InChI=1S/C10H18N4/c1-8-9(4-3-5-11-8)6-10-7-12-14(2)13-10/h7-9,11H,3-6H2,1-2H3. The van der Waals surface area contributed by atoms with Gasteiger partial charge in [-0.2, -0.15) is 15.0 Å². The van der Waals surface area contributed by atoms with Gasteiger partial charge in [-0.25, -0.2) is 0 Å². The summed E-state index contributed by atoms with van der Waals surface area (Å²) >= 11 is 0. The van der Waals surface area contributed by atoms with Crippen molar-refractivity contribution in [2.45, 2.75) is 32.2 Å². The van der Waals surface area contributed by atoms with Gasteiger partial charge in [0.05, 0.1) is 11.9 Å². The Balaban J connectivity index is 1.95. The molecule has 1 N–H and O–H groups in total. The van der Waals surface area contributed by atoms with Gasteiger partial charge >= 0.3 is 0 Å². The number of hydrogen-bond acceptors (Lipinski definition) is 3. The lowest BCUT2D eigenvalue weighted by atomic mass is 9.88. The largest absolute Gasteiger partial charge is 0.314 e. The molecule has 4 nitrogen and oxygen atoms in total. The average Bonchev–Trinajstić information content (AvgIpc) is 2.56. The molecule has 1 aromatic rings. The molecule has 0 aliphatic carbocycles. The van der Waals surface area contributed by atoms with E-state index < -0.39 is 0 Å². The van der Waals surface area contributed by atoms with E-state index in [0.29, 0.717) is 6.04 Å². The fraction of sp³-hybridized carbons (Fsp3) is 0.800. The second kappa shape index (κ2) is 4.09. The van der Waals surface area contributed by atoms with E-state index in [9.17, 15) is 0 Å². The summed E-state index contributed by atoms with van der Waals surface area (Å²) in [7, 11) is 1.87. The Kier molecular flexibility index (Phi) is 2.82. The molecule has 0 radical (unpaired) electrons. The first kappa shape index (κ1) is 9.65. The maximum atomic E-state index is 4.32. The van der Waals surface area contributed by atoms with Crippen LogP contribution in [0.1, 0.15) is 25.5 Å². The summed E-state index contributed by atoms with van der Waals surface area (Å²) < 4.78 is 0. The van der Waals surface area contributed by atoms with Gasteiger partial charge in [0, 0.05) is 13.1 Å². The van der Waals surface area contributed by atoms with Gasteiger partial charge in [-0.3, -0.25) is 0 Å². The van der Waals surface area contributed by atoms with Crippen LogP contribution in [-0.4, -0.2) is 27.6 Å². The molecule has 0 aromatic carbocycles. The van der Waals surface area contributed by atoms with Crippen molar-refractivity contribution in [2.24, 2.45) is 13.0 Å². The van der Waals surface area contributed by atoms with Crippen LogP contribution in [0.15, 0.2) is 6.20 Å². The van der Waals surface area contributed by atoms with Gasteiger partial charge in [0.1, 0.15) is 0 Å². The van der Waals surface area contributed by atoms with Crippen LogP contribution in [0.5, 0.6) is 0 Å². The average molecular weight is 194 g/mol. The molecule has 1 saturated heterocycles. The molecule has 2 unspecified atom stereocenters. The van der Waals surface area contributed by atoms with Crippen LogP contribution in [0.4, 0.5) is 0 Å². The maximum absolute atomic E-state index is 4.32. The van der Waals surface area contributed by atoms with Gasteiger partial charge in [0.25, 0.3) is 0 Å². The molecule has 0 amide bonds. The minimum absolute atomic E-state index is 0.616. The molecule has 0 spiro atoms. The minimum Gasteiger partial charge on any atom is -0.314 e. The predicted molar refractivity (Wildman–Crippen MR) is 54.9 cm³/mol. The molecular formula is C10H18N4. The Morgan fingerprint density at radius 3 is 3.14 bits per heavy atom. The molecule has 0 saturated carbocycles. The van der Waals surface area contributed by atoms with Crippen molar-refractivity contribution in [3.05, 3.63) is 11.9 Å². The maximum Gasteiger partial charge on any atom is 0.0830 e. The zero-order valence-corrected chi connectivity index (χ0v) is 8.90.